The quantitative estimate of drug-likeness (QED) is 0.903. The number of hydrogen-bond donors (Lipinski definition) is 1. The molecule has 1 heterocycles. The molecule has 1 aliphatic carbocycles. The first-order chi connectivity index (χ1) is 9.66. The molecule has 1 N–H and O–H groups in total. The molecule has 1 aromatic rings. The first kappa shape index (κ1) is 16.9. The molecule has 1 saturated heterocycles. The highest BCUT2D eigenvalue weighted by Crippen LogP contribution is 2.43. The van der Waals surface area contributed by atoms with Crippen LogP contribution in [0.4, 0.5) is 8.78 Å². The van der Waals surface area contributed by atoms with Crippen molar-refractivity contribution in [1.29, 1.82) is 0 Å². The largest absolute Gasteiger partial charge is 0.314 e. The molecule has 2 aliphatic rings. The van der Waals surface area contributed by atoms with Gasteiger partial charge in [0, 0.05) is 42.8 Å². The van der Waals surface area contributed by atoms with Gasteiger partial charge in [0.25, 0.3) is 0 Å². The predicted octanol–water partition coefficient (Wildman–Crippen LogP) is 3.79. The van der Waals surface area contributed by atoms with Crippen molar-refractivity contribution in [1.82, 2.24) is 10.2 Å². The lowest BCUT2D eigenvalue weighted by Crippen LogP contribution is -2.48. The monoisotopic (exact) mass is 336 g/mol. The maximum absolute atomic E-state index is 14.3. The van der Waals surface area contributed by atoms with E-state index in [0.717, 1.165) is 45.4 Å². The van der Waals surface area contributed by atoms with Crippen LogP contribution in [0.1, 0.15) is 30.9 Å². The van der Waals surface area contributed by atoms with Crippen molar-refractivity contribution < 1.29 is 8.78 Å². The van der Waals surface area contributed by atoms with E-state index in [9.17, 15) is 8.78 Å². The summed E-state index contributed by atoms with van der Waals surface area (Å²) in [7, 11) is 0. The highest BCUT2D eigenvalue weighted by Gasteiger charge is 2.36. The van der Waals surface area contributed by atoms with E-state index in [4.69, 9.17) is 11.6 Å². The van der Waals surface area contributed by atoms with E-state index in [2.05, 4.69) is 10.2 Å². The highest BCUT2D eigenvalue weighted by molar-refractivity contribution is 6.30. The van der Waals surface area contributed by atoms with E-state index < -0.39 is 11.6 Å². The summed E-state index contributed by atoms with van der Waals surface area (Å²) in [5.41, 5.74) is 0.209. The summed E-state index contributed by atoms with van der Waals surface area (Å²) < 4.78 is 28.5. The van der Waals surface area contributed by atoms with Crippen molar-refractivity contribution in [2.75, 3.05) is 26.2 Å². The van der Waals surface area contributed by atoms with Gasteiger partial charge in [-0.05, 0) is 30.9 Å². The number of nitrogens with zero attached hydrogens (tertiary/aromatic N) is 1. The number of benzene rings is 1. The minimum atomic E-state index is -0.509. The first-order valence-electron chi connectivity index (χ1n) is 7.26. The van der Waals surface area contributed by atoms with Crippen LogP contribution in [0, 0.1) is 17.6 Å². The van der Waals surface area contributed by atoms with Gasteiger partial charge in [-0.25, -0.2) is 8.78 Å². The molecule has 118 valence electrons. The second-order valence-corrected chi connectivity index (χ2v) is 6.14. The lowest BCUT2D eigenvalue weighted by Gasteiger charge is -2.43. The second kappa shape index (κ2) is 7.23. The molecule has 0 amide bonds. The summed E-state index contributed by atoms with van der Waals surface area (Å²) in [6.45, 7) is 3.42. The molecule has 0 bridgehead atoms. The van der Waals surface area contributed by atoms with Crippen LogP contribution in [0.5, 0.6) is 0 Å². The van der Waals surface area contributed by atoms with Crippen molar-refractivity contribution in [3.63, 3.8) is 0 Å². The van der Waals surface area contributed by atoms with Crippen molar-refractivity contribution in [2.24, 2.45) is 5.92 Å². The van der Waals surface area contributed by atoms with Crippen molar-refractivity contribution >= 4 is 24.0 Å². The average molecular weight is 337 g/mol. The fourth-order valence-electron chi connectivity index (χ4n) is 3.27. The maximum Gasteiger partial charge on any atom is 0.132 e. The van der Waals surface area contributed by atoms with E-state index in [1.54, 1.807) is 0 Å². The second-order valence-electron chi connectivity index (χ2n) is 5.70. The van der Waals surface area contributed by atoms with Gasteiger partial charge in [0.1, 0.15) is 11.6 Å². The van der Waals surface area contributed by atoms with Gasteiger partial charge in [0.2, 0.25) is 0 Å². The summed E-state index contributed by atoms with van der Waals surface area (Å²) in [4.78, 5) is 2.22. The van der Waals surface area contributed by atoms with Gasteiger partial charge < -0.3 is 5.32 Å². The Morgan fingerprint density at radius 2 is 1.71 bits per heavy atom. The van der Waals surface area contributed by atoms with Gasteiger partial charge in [0.05, 0.1) is 0 Å². The van der Waals surface area contributed by atoms with E-state index in [1.807, 2.05) is 0 Å². The molecule has 1 atom stereocenters. The molecular weight excluding hydrogens is 317 g/mol. The summed E-state index contributed by atoms with van der Waals surface area (Å²) in [5, 5.41) is 3.41. The minimum absolute atomic E-state index is 0. The molecule has 0 radical (unpaired) electrons. The zero-order valence-electron chi connectivity index (χ0n) is 11.7. The summed E-state index contributed by atoms with van der Waals surface area (Å²) in [6.07, 6.45) is 3.26. The summed E-state index contributed by atoms with van der Waals surface area (Å²) in [6, 6.07) is 2.31. The van der Waals surface area contributed by atoms with Gasteiger partial charge in [-0.1, -0.05) is 18.0 Å². The van der Waals surface area contributed by atoms with Gasteiger partial charge in [-0.2, -0.15) is 0 Å². The van der Waals surface area contributed by atoms with Crippen LogP contribution >= 0.6 is 24.0 Å². The van der Waals surface area contributed by atoms with Crippen LogP contribution in [0.15, 0.2) is 12.1 Å². The van der Waals surface area contributed by atoms with Crippen LogP contribution in [0.3, 0.4) is 0 Å². The average Bonchev–Trinajstić information content (AvgIpc) is 2.35. The standard InChI is InChI=1S/C15H19ClF2N2.ClH/c16-11-8-12(17)14(13(18)9-11)15(10-2-1-3-10)20-6-4-19-5-7-20;/h8-10,15,19H,1-7H2;1H/t15-;/m0./s1. The van der Waals surface area contributed by atoms with Crippen LogP contribution in [0.2, 0.25) is 5.02 Å². The molecule has 2 fully saturated rings. The van der Waals surface area contributed by atoms with E-state index in [-0.39, 0.29) is 29.0 Å². The fourth-order valence-corrected chi connectivity index (χ4v) is 3.46. The third kappa shape index (κ3) is 3.50. The zero-order valence-corrected chi connectivity index (χ0v) is 13.3. The Labute approximate surface area is 135 Å². The Morgan fingerprint density at radius 3 is 2.19 bits per heavy atom. The number of piperazine rings is 1. The molecule has 21 heavy (non-hydrogen) atoms. The molecule has 1 aliphatic heterocycles. The van der Waals surface area contributed by atoms with Gasteiger partial charge in [-0.3, -0.25) is 4.90 Å². The predicted molar refractivity (Wildman–Crippen MR) is 83.1 cm³/mol. The Morgan fingerprint density at radius 1 is 1.14 bits per heavy atom. The molecule has 1 saturated carbocycles. The Hall–Kier alpha value is -0.420. The number of rotatable bonds is 3. The highest BCUT2D eigenvalue weighted by atomic mass is 35.5. The lowest BCUT2D eigenvalue weighted by molar-refractivity contribution is 0.0785. The molecule has 0 aromatic heterocycles. The molecular formula is C15H20Cl2F2N2. The topological polar surface area (TPSA) is 15.3 Å². The summed E-state index contributed by atoms with van der Waals surface area (Å²) in [5.74, 6) is -0.658. The van der Waals surface area contributed by atoms with Crippen molar-refractivity contribution in [2.45, 2.75) is 25.3 Å². The molecule has 2 nitrogen and oxygen atoms in total. The molecule has 0 spiro atoms. The van der Waals surface area contributed by atoms with E-state index >= 15 is 0 Å². The van der Waals surface area contributed by atoms with Crippen molar-refractivity contribution in [3.05, 3.63) is 34.4 Å². The molecule has 6 heteroatoms. The minimum Gasteiger partial charge on any atom is -0.314 e. The number of halogens is 4. The first-order valence-corrected chi connectivity index (χ1v) is 7.64. The van der Waals surface area contributed by atoms with Gasteiger partial charge in [-0.15, -0.1) is 12.4 Å². The van der Waals surface area contributed by atoms with Gasteiger partial charge in [0.15, 0.2) is 0 Å². The van der Waals surface area contributed by atoms with Crippen LogP contribution in [0.25, 0.3) is 0 Å². The number of nitrogens with one attached hydrogen (secondary N) is 1. The Bertz CT molecular complexity index is 466. The van der Waals surface area contributed by atoms with Crippen LogP contribution in [-0.4, -0.2) is 31.1 Å². The van der Waals surface area contributed by atoms with E-state index in [1.165, 1.54) is 12.1 Å². The number of hydrogen-bond acceptors (Lipinski definition) is 2. The molecule has 0 unspecified atom stereocenters. The third-order valence-corrected chi connectivity index (χ3v) is 4.70. The van der Waals surface area contributed by atoms with E-state index in [0.29, 0.717) is 5.92 Å². The summed E-state index contributed by atoms with van der Waals surface area (Å²) >= 11 is 5.74. The van der Waals surface area contributed by atoms with Crippen LogP contribution in [-0.2, 0) is 0 Å². The SMILES string of the molecule is Cl.Fc1cc(Cl)cc(F)c1[C@H](C1CCC1)N1CCNCC1. The maximum atomic E-state index is 14.3. The Balaban J connectivity index is 0.00000161. The zero-order chi connectivity index (χ0) is 14.1. The normalized spacial score (nSPS) is 21.5. The van der Waals surface area contributed by atoms with Gasteiger partial charge >= 0.3 is 0 Å². The fraction of sp³-hybridized carbons (Fsp3) is 0.600. The van der Waals surface area contributed by atoms with Crippen LogP contribution < -0.4 is 5.32 Å². The smallest absolute Gasteiger partial charge is 0.132 e. The molecule has 1 aromatic carbocycles. The molecule has 3 rings (SSSR count). The lowest BCUT2D eigenvalue weighted by atomic mass is 9.76. The Kier molecular flexibility index (Phi) is 5.83. The van der Waals surface area contributed by atoms with Crippen molar-refractivity contribution in [3.8, 4) is 0 Å². The third-order valence-electron chi connectivity index (χ3n) is 4.48.